The monoisotopic (exact) mass is 412 g/mol. The van der Waals surface area contributed by atoms with Crippen molar-refractivity contribution >= 4 is 40.1 Å². The Kier molecular flexibility index (Phi) is 5.66. The maximum absolute atomic E-state index is 12.3. The van der Waals surface area contributed by atoms with E-state index in [1.165, 1.54) is 52.1 Å². The van der Waals surface area contributed by atoms with Gasteiger partial charge in [0, 0.05) is 28.6 Å². The molecule has 0 spiro atoms. The van der Waals surface area contributed by atoms with E-state index < -0.39 is 11.5 Å². The summed E-state index contributed by atoms with van der Waals surface area (Å²) in [7, 11) is 0. The van der Waals surface area contributed by atoms with Crippen LogP contribution in [-0.2, 0) is 16.1 Å². The predicted octanol–water partition coefficient (Wildman–Crippen LogP) is 4.12. The van der Waals surface area contributed by atoms with E-state index in [9.17, 15) is 22.8 Å². The Balaban J connectivity index is 1.57. The van der Waals surface area contributed by atoms with Gasteiger partial charge in [-0.2, -0.15) is 13.2 Å². The Morgan fingerprint density at radius 2 is 2.04 bits per heavy atom. The van der Waals surface area contributed by atoms with Gasteiger partial charge in [0.1, 0.15) is 6.61 Å². The number of thioether (sulfide) groups is 1. The van der Waals surface area contributed by atoms with E-state index in [1.54, 1.807) is 11.6 Å². The molecule has 1 aromatic carbocycles. The first-order valence-corrected chi connectivity index (χ1v) is 9.16. The molecule has 0 aliphatic heterocycles. The van der Waals surface area contributed by atoms with Crippen LogP contribution in [0.5, 0.6) is 0 Å². The first kappa shape index (κ1) is 19.2. The summed E-state index contributed by atoms with van der Waals surface area (Å²) in [6.45, 7) is -0.159. The first-order valence-electron chi connectivity index (χ1n) is 7.46. The van der Waals surface area contributed by atoms with Gasteiger partial charge in [-0.15, -0.1) is 11.3 Å². The number of rotatable bonds is 5. The van der Waals surface area contributed by atoms with E-state index in [1.807, 2.05) is 0 Å². The number of thiazole rings is 1. The molecule has 0 fully saturated rings. The van der Waals surface area contributed by atoms with Crippen LogP contribution in [0.2, 0.25) is 0 Å². The van der Waals surface area contributed by atoms with E-state index in [4.69, 9.17) is 4.74 Å². The second-order valence-electron chi connectivity index (χ2n) is 5.20. The molecule has 0 bridgehead atoms. The average molecular weight is 412 g/mol. The molecule has 2 heterocycles. The number of carbonyl (C=O) groups excluding carboxylic acids is 1. The molecule has 5 nitrogen and oxygen atoms in total. The van der Waals surface area contributed by atoms with Crippen LogP contribution in [0.4, 0.5) is 13.2 Å². The molecule has 0 saturated heterocycles. The Morgan fingerprint density at radius 1 is 1.30 bits per heavy atom. The molecule has 2 aromatic heterocycles. The topological polar surface area (TPSA) is 60.7 Å². The number of carbonyl (C=O) groups is 1. The van der Waals surface area contributed by atoms with Crippen molar-refractivity contribution in [1.82, 2.24) is 9.38 Å². The van der Waals surface area contributed by atoms with Crippen LogP contribution in [0.25, 0.3) is 11.0 Å². The number of esters is 1. The van der Waals surface area contributed by atoms with E-state index in [2.05, 4.69) is 4.98 Å². The van der Waals surface area contributed by atoms with E-state index in [0.717, 1.165) is 6.08 Å². The van der Waals surface area contributed by atoms with Gasteiger partial charge in [-0.3, -0.25) is 9.20 Å². The number of ether oxygens (including phenoxy) is 1. The molecule has 0 atom stereocenters. The minimum atomic E-state index is -4.34. The van der Waals surface area contributed by atoms with E-state index in [0.29, 0.717) is 16.2 Å². The molecule has 3 rings (SSSR count). The molecule has 0 aliphatic rings. The minimum absolute atomic E-state index is 0.0588. The number of alkyl halides is 3. The van der Waals surface area contributed by atoms with Crippen LogP contribution < -0.4 is 5.56 Å². The van der Waals surface area contributed by atoms with Gasteiger partial charge in [-0.1, -0.05) is 12.1 Å². The van der Waals surface area contributed by atoms with Gasteiger partial charge in [-0.05, 0) is 35.5 Å². The molecule has 0 amide bonds. The molecular formula is C17H11F3N2O3S2. The van der Waals surface area contributed by atoms with Crippen molar-refractivity contribution in [2.45, 2.75) is 17.0 Å². The van der Waals surface area contributed by atoms with E-state index in [-0.39, 0.29) is 28.8 Å². The molecule has 0 saturated carbocycles. The number of benzene rings is 1. The highest BCUT2D eigenvalue weighted by Gasteiger charge is 2.28. The number of nitrogens with zero attached hydrogens (tertiary/aromatic N) is 2. The van der Waals surface area contributed by atoms with Crippen LogP contribution in [0.1, 0.15) is 11.3 Å². The van der Waals surface area contributed by atoms with Crippen molar-refractivity contribution in [2.75, 3.05) is 0 Å². The van der Waals surface area contributed by atoms with Crippen molar-refractivity contribution in [3.8, 4) is 0 Å². The molecule has 0 radical (unpaired) electrons. The number of hydrogen-bond acceptors (Lipinski definition) is 6. The summed E-state index contributed by atoms with van der Waals surface area (Å²) in [5.74, 6) is -0.656. The fourth-order valence-electron chi connectivity index (χ4n) is 2.10. The third kappa shape index (κ3) is 5.44. The summed E-state index contributed by atoms with van der Waals surface area (Å²) in [6, 6.07) is 6.84. The van der Waals surface area contributed by atoms with Gasteiger partial charge in [-0.25, -0.2) is 9.78 Å². The quantitative estimate of drug-likeness (QED) is 0.358. The number of aromatic nitrogens is 2. The second kappa shape index (κ2) is 7.97. The molecule has 27 heavy (non-hydrogen) atoms. The number of fused-ring (bicyclic) bond motifs is 1. The Hall–Kier alpha value is -2.59. The molecule has 3 aromatic rings. The lowest BCUT2D eigenvalue weighted by atomic mass is 10.2. The summed E-state index contributed by atoms with van der Waals surface area (Å²) in [5, 5.41) is 1.72. The van der Waals surface area contributed by atoms with Gasteiger partial charge >= 0.3 is 11.5 Å². The number of hydrogen-bond donors (Lipinski definition) is 0. The van der Waals surface area contributed by atoms with Crippen LogP contribution in [0.15, 0.2) is 57.7 Å². The normalized spacial score (nSPS) is 12.0. The van der Waals surface area contributed by atoms with Crippen LogP contribution in [0.3, 0.4) is 0 Å². The van der Waals surface area contributed by atoms with Crippen molar-refractivity contribution < 1.29 is 22.7 Å². The fourth-order valence-corrected chi connectivity index (χ4v) is 3.38. The van der Waals surface area contributed by atoms with E-state index >= 15 is 0 Å². The third-order valence-electron chi connectivity index (χ3n) is 3.24. The lowest BCUT2D eigenvalue weighted by molar-refractivity contribution is -0.139. The zero-order chi connectivity index (χ0) is 19.4. The molecule has 10 heteroatoms. The van der Waals surface area contributed by atoms with Gasteiger partial charge in [0.25, 0.3) is 5.56 Å². The molecule has 0 N–H and O–H groups in total. The predicted molar refractivity (Wildman–Crippen MR) is 96.5 cm³/mol. The average Bonchev–Trinajstić information content (AvgIpc) is 3.07. The smallest absolute Gasteiger partial charge is 0.446 e. The van der Waals surface area contributed by atoms with Gasteiger partial charge < -0.3 is 4.74 Å². The zero-order valence-corrected chi connectivity index (χ0v) is 15.1. The van der Waals surface area contributed by atoms with Crippen molar-refractivity contribution in [1.29, 1.82) is 0 Å². The summed E-state index contributed by atoms with van der Waals surface area (Å²) in [4.78, 5) is 28.4. The standard InChI is InChI=1S/C17H11F3N2O3S2/c18-17(19,20)27-13-4-1-11(2-5-13)3-6-15(24)25-10-12-9-14(23)22-7-8-26-16(22)21-12/h1-9H,10H2/b6-3+. The highest BCUT2D eigenvalue weighted by molar-refractivity contribution is 8.00. The van der Waals surface area contributed by atoms with Crippen molar-refractivity contribution in [2.24, 2.45) is 0 Å². The Bertz CT molecular complexity index is 1040. The summed E-state index contributed by atoms with van der Waals surface area (Å²) in [5.41, 5.74) is -3.73. The van der Waals surface area contributed by atoms with Crippen LogP contribution >= 0.6 is 23.1 Å². The second-order valence-corrected chi connectivity index (χ2v) is 7.21. The summed E-state index contributed by atoms with van der Waals surface area (Å²) in [6.07, 6.45) is 4.18. The maximum Gasteiger partial charge on any atom is 0.446 e. The van der Waals surface area contributed by atoms with Gasteiger partial charge in [0.2, 0.25) is 0 Å². The largest absolute Gasteiger partial charge is 0.456 e. The van der Waals surface area contributed by atoms with Crippen molar-refractivity contribution in [3.05, 3.63) is 69.6 Å². The minimum Gasteiger partial charge on any atom is -0.456 e. The van der Waals surface area contributed by atoms with Gasteiger partial charge in [0.15, 0.2) is 4.96 Å². The molecule has 0 unspecified atom stereocenters. The lowest BCUT2D eigenvalue weighted by Crippen LogP contribution is -2.14. The number of halogens is 3. The fraction of sp³-hybridized carbons (Fsp3) is 0.118. The highest BCUT2D eigenvalue weighted by atomic mass is 32.2. The third-order valence-corrected chi connectivity index (χ3v) is 4.74. The first-order chi connectivity index (χ1) is 12.8. The summed E-state index contributed by atoms with van der Waals surface area (Å²) < 4.78 is 43.2. The summed E-state index contributed by atoms with van der Waals surface area (Å²) >= 11 is 1.08. The molecular weight excluding hydrogens is 401 g/mol. The maximum atomic E-state index is 12.3. The zero-order valence-electron chi connectivity index (χ0n) is 13.5. The SMILES string of the molecule is O=C(/C=C/c1ccc(SC(F)(F)F)cc1)OCc1cc(=O)n2ccsc2n1. The molecule has 0 aliphatic carbocycles. The van der Waals surface area contributed by atoms with Crippen LogP contribution in [0, 0.1) is 0 Å². The molecule has 140 valence electrons. The Labute approximate surface area is 159 Å². The Morgan fingerprint density at radius 3 is 2.74 bits per heavy atom. The van der Waals surface area contributed by atoms with Crippen LogP contribution in [-0.4, -0.2) is 20.9 Å². The highest BCUT2D eigenvalue weighted by Crippen LogP contribution is 2.36. The van der Waals surface area contributed by atoms with Gasteiger partial charge in [0.05, 0.1) is 5.69 Å². The van der Waals surface area contributed by atoms with Crippen molar-refractivity contribution in [3.63, 3.8) is 0 Å². The lowest BCUT2D eigenvalue weighted by Gasteiger charge is -2.05.